The summed E-state index contributed by atoms with van der Waals surface area (Å²) in [4.78, 5) is 12.2. The first-order chi connectivity index (χ1) is 9.06. The number of hydrogen-bond acceptors (Lipinski definition) is 2. The third-order valence-corrected chi connectivity index (χ3v) is 3.37. The molecular weight excluding hydrogens is 234 g/mol. The van der Waals surface area contributed by atoms with Crippen LogP contribution in [0.25, 0.3) is 0 Å². The Labute approximate surface area is 114 Å². The molecule has 0 spiro atoms. The first-order valence-electron chi connectivity index (χ1n) is 6.47. The predicted molar refractivity (Wildman–Crippen MR) is 79.2 cm³/mol. The molecule has 0 aliphatic heterocycles. The van der Waals surface area contributed by atoms with Crippen molar-refractivity contribution in [2.45, 2.75) is 26.7 Å². The zero-order valence-electron chi connectivity index (χ0n) is 11.4. The van der Waals surface area contributed by atoms with Crippen LogP contribution in [0.2, 0.25) is 0 Å². The van der Waals surface area contributed by atoms with Gasteiger partial charge in [0.25, 0.3) is 0 Å². The van der Waals surface area contributed by atoms with Crippen LogP contribution in [0.4, 0.5) is 5.69 Å². The van der Waals surface area contributed by atoms with Crippen molar-refractivity contribution in [1.29, 1.82) is 0 Å². The maximum Gasteiger partial charge on any atom is 0.141 e. The van der Waals surface area contributed by atoms with Crippen LogP contribution in [0.15, 0.2) is 42.5 Å². The SMILES string of the molecule is Cc1cccc(C)c1CC(=O)Cc1cccc(N)c1. The first-order valence-corrected chi connectivity index (χ1v) is 6.47. The number of carbonyl (C=O) groups excluding carboxylic acids is 1. The van der Waals surface area contributed by atoms with Crippen LogP contribution in [-0.4, -0.2) is 5.78 Å². The van der Waals surface area contributed by atoms with Gasteiger partial charge in [0.15, 0.2) is 0 Å². The second kappa shape index (κ2) is 5.70. The van der Waals surface area contributed by atoms with Crippen LogP contribution >= 0.6 is 0 Å². The zero-order valence-corrected chi connectivity index (χ0v) is 11.4. The van der Waals surface area contributed by atoms with Gasteiger partial charge in [0.05, 0.1) is 0 Å². The summed E-state index contributed by atoms with van der Waals surface area (Å²) in [5, 5.41) is 0. The van der Waals surface area contributed by atoms with E-state index in [4.69, 9.17) is 5.73 Å². The molecule has 0 unspecified atom stereocenters. The minimum Gasteiger partial charge on any atom is -0.399 e. The van der Waals surface area contributed by atoms with E-state index in [0.717, 1.165) is 11.1 Å². The minimum absolute atomic E-state index is 0.225. The molecule has 98 valence electrons. The molecule has 0 fully saturated rings. The molecule has 2 aromatic carbocycles. The Hall–Kier alpha value is -2.09. The van der Waals surface area contributed by atoms with Crippen molar-refractivity contribution in [3.05, 3.63) is 64.7 Å². The number of aryl methyl sites for hydroxylation is 2. The lowest BCUT2D eigenvalue weighted by atomic mass is 9.96. The Morgan fingerprint density at radius 2 is 1.63 bits per heavy atom. The van der Waals surface area contributed by atoms with E-state index in [-0.39, 0.29) is 5.78 Å². The van der Waals surface area contributed by atoms with Crippen LogP contribution in [0.3, 0.4) is 0 Å². The van der Waals surface area contributed by atoms with E-state index < -0.39 is 0 Å². The third-order valence-electron chi connectivity index (χ3n) is 3.37. The van der Waals surface area contributed by atoms with E-state index in [1.807, 2.05) is 30.3 Å². The summed E-state index contributed by atoms with van der Waals surface area (Å²) in [7, 11) is 0. The Balaban J connectivity index is 2.10. The monoisotopic (exact) mass is 253 g/mol. The molecule has 2 N–H and O–H groups in total. The van der Waals surface area contributed by atoms with Gasteiger partial charge >= 0.3 is 0 Å². The maximum absolute atomic E-state index is 12.2. The van der Waals surface area contributed by atoms with E-state index >= 15 is 0 Å². The predicted octanol–water partition coefficient (Wildman–Crippen LogP) is 3.24. The number of rotatable bonds is 4. The highest BCUT2D eigenvalue weighted by Crippen LogP contribution is 2.16. The van der Waals surface area contributed by atoms with E-state index in [2.05, 4.69) is 26.0 Å². The summed E-state index contributed by atoms with van der Waals surface area (Å²) in [5.74, 6) is 0.225. The van der Waals surface area contributed by atoms with Crippen LogP contribution in [-0.2, 0) is 17.6 Å². The molecule has 2 rings (SSSR count). The number of Topliss-reactive ketones (excluding diaryl/α,β-unsaturated/α-hetero) is 1. The fourth-order valence-electron chi connectivity index (χ4n) is 2.32. The lowest BCUT2D eigenvalue weighted by molar-refractivity contribution is -0.117. The molecule has 0 saturated heterocycles. The molecule has 0 radical (unpaired) electrons. The smallest absolute Gasteiger partial charge is 0.141 e. The Morgan fingerprint density at radius 1 is 1.00 bits per heavy atom. The van der Waals surface area contributed by atoms with E-state index in [0.29, 0.717) is 18.5 Å². The second-order valence-electron chi connectivity index (χ2n) is 5.01. The minimum atomic E-state index is 0.225. The summed E-state index contributed by atoms with van der Waals surface area (Å²) in [6.07, 6.45) is 0.937. The topological polar surface area (TPSA) is 43.1 Å². The van der Waals surface area contributed by atoms with Crippen LogP contribution in [0.1, 0.15) is 22.3 Å². The summed E-state index contributed by atoms with van der Waals surface area (Å²) in [6.45, 7) is 4.10. The van der Waals surface area contributed by atoms with Gasteiger partial charge in [0.2, 0.25) is 0 Å². The molecule has 0 aliphatic rings. The molecule has 19 heavy (non-hydrogen) atoms. The van der Waals surface area contributed by atoms with Crippen molar-refractivity contribution < 1.29 is 4.79 Å². The molecule has 2 heteroatoms. The average molecular weight is 253 g/mol. The van der Waals surface area contributed by atoms with Gasteiger partial charge in [0, 0.05) is 18.5 Å². The fourth-order valence-corrected chi connectivity index (χ4v) is 2.32. The van der Waals surface area contributed by atoms with Crippen LogP contribution < -0.4 is 5.73 Å². The van der Waals surface area contributed by atoms with Crippen molar-refractivity contribution in [3.8, 4) is 0 Å². The Morgan fingerprint density at radius 3 is 2.26 bits per heavy atom. The van der Waals surface area contributed by atoms with Crippen molar-refractivity contribution in [2.75, 3.05) is 5.73 Å². The first kappa shape index (κ1) is 13.3. The average Bonchev–Trinajstić information content (AvgIpc) is 2.34. The van der Waals surface area contributed by atoms with Crippen LogP contribution in [0.5, 0.6) is 0 Å². The Kier molecular flexibility index (Phi) is 4.00. The van der Waals surface area contributed by atoms with Gasteiger partial charge in [-0.2, -0.15) is 0 Å². The van der Waals surface area contributed by atoms with E-state index in [9.17, 15) is 4.79 Å². The molecule has 0 heterocycles. The number of anilines is 1. The highest BCUT2D eigenvalue weighted by Gasteiger charge is 2.09. The number of benzene rings is 2. The van der Waals surface area contributed by atoms with Gasteiger partial charge in [-0.15, -0.1) is 0 Å². The lowest BCUT2D eigenvalue weighted by Crippen LogP contribution is -2.09. The molecule has 0 amide bonds. The molecule has 0 aromatic heterocycles. The molecular formula is C17H19NO. The van der Waals surface area contributed by atoms with Crippen molar-refractivity contribution in [3.63, 3.8) is 0 Å². The molecule has 0 aliphatic carbocycles. The van der Waals surface area contributed by atoms with Gasteiger partial charge in [-0.25, -0.2) is 0 Å². The summed E-state index contributed by atoms with van der Waals surface area (Å²) in [5.41, 5.74) is 10.9. The number of nitrogens with two attached hydrogens (primary N) is 1. The molecule has 0 atom stereocenters. The fraction of sp³-hybridized carbons (Fsp3) is 0.235. The normalized spacial score (nSPS) is 10.4. The number of hydrogen-bond donors (Lipinski definition) is 1. The number of ketones is 1. The van der Waals surface area contributed by atoms with Gasteiger partial charge in [-0.3, -0.25) is 4.79 Å². The van der Waals surface area contributed by atoms with E-state index in [1.165, 1.54) is 11.1 Å². The second-order valence-corrected chi connectivity index (χ2v) is 5.01. The van der Waals surface area contributed by atoms with Crippen molar-refractivity contribution in [1.82, 2.24) is 0 Å². The number of carbonyl (C=O) groups is 1. The number of nitrogen functional groups attached to an aromatic ring is 1. The highest BCUT2D eigenvalue weighted by atomic mass is 16.1. The van der Waals surface area contributed by atoms with Crippen LogP contribution in [0, 0.1) is 13.8 Å². The summed E-state index contributed by atoms with van der Waals surface area (Å²) in [6, 6.07) is 13.7. The Bertz CT molecular complexity index is 582. The summed E-state index contributed by atoms with van der Waals surface area (Å²) >= 11 is 0. The van der Waals surface area contributed by atoms with Gasteiger partial charge in [-0.05, 0) is 48.2 Å². The molecule has 0 bridgehead atoms. The van der Waals surface area contributed by atoms with Crippen molar-refractivity contribution >= 4 is 11.5 Å². The zero-order chi connectivity index (χ0) is 13.8. The maximum atomic E-state index is 12.2. The van der Waals surface area contributed by atoms with E-state index in [1.54, 1.807) is 0 Å². The highest BCUT2D eigenvalue weighted by molar-refractivity contribution is 5.83. The largest absolute Gasteiger partial charge is 0.399 e. The third kappa shape index (κ3) is 3.44. The van der Waals surface area contributed by atoms with Crippen molar-refractivity contribution in [2.24, 2.45) is 0 Å². The quantitative estimate of drug-likeness (QED) is 0.850. The van der Waals surface area contributed by atoms with Gasteiger partial charge in [0.1, 0.15) is 5.78 Å². The lowest BCUT2D eigenvalue weighted by Gasteiger charge is -2.09. The standard InChI is InChI=1S/C17H19NO/c1-12-5-3-6-13(2)17(12)11-16(19)10-14-7-4-8-15(18)9-14/h3-9H,10-11,18H2,1-2H3. The molecule has 0 saturated carbocycles. The van der Waals surface area contributed by atoms with Gasteiger partial charge in [-0.1, -0.05) is 30.3 Å². The van der Waals surface area contributed by atoms with Gasteiger partial charge < -0.3 is 5.73 Å². The molecule has 2 aromatic rings. The summed E-state index contributed by atoms with van der Waals surface area (Å²) < 4.78 is 0. The molecule has 2 nitrogen and oxygen atoms in total.